The van der Waals surface area contributed by atoms with Crippen molar-refractivity contribution in [1.82, 2.24) is 4.57 Å². The highest BCUT2D eigenvalue weighted by molar-refractivity contribution is 5.92. The molecule has 2 aliphatic carbocycles. The molecule has 0 radical (unpaired) electrons. The van der Waals surface area contributed by atoms with Gasteiger partial charge in [0.2, 0.25) is 5.91 Å². The van der Waals surface area contributed by atoms with Crippen molar-refractivity contribution in [3.63, 3.8) is 0 Å². The van der Waals surface area contributed by atoms with Gasteiger partial charge in [-0.2, -0.15) is 0 Å². The summed E-state index contributed by atoms with van der Waals surface area (Å²) in [4.78, 5) is 24.1. The number of pyridine rings is 1. The lowest BCUT2D eigenvalue weighted by atomic mass is 9.65. The van der Waals surface area contributed by atoms with Gasteiger partial charge in [0.05, 0.1) is 5.69 Å². The number of nitrogens with two attached hydrogens (primary N) is 1. The zero-order chi connectivity index (χ0) is 15.7. The summed E-state index contributed by atoms with van der Waals surface area (Å²) < 4.78 is 1.60. The fourth-order valence-electron chi connectivity index (χ4n) is 4.10. The van der Waals surface area contributed by atoms with Crippen molar-refractivity contribution in [2.75, 3.05) is 5.32 Å². The quantitative estimate of drug-likeness (QED) is 0.896. The molecule has 0 aromatic carbocycles. The number of nitrogens with zero attached hydrogens (tertiary/aromatic N) is 1. The van der Waals surface area contributed by atoms with Gasteiger partial charge in [-0.25, -0.2) is 0 Å². The number of fused-ring (bicyclic) bond motifs is 2. The Balaban J connectivity index is 1.68. The molecule has 0 spiro atoms. The van der Waals surface area contributed by atoms with E-state index in [1.807, 2.05) is 6.92 Å². The molecule has 2 saturated carbocycles. The van der Waals surface area contributed by atoms with Crippen molar-refractivity contribution in [3.05, 3.63) is 28.7 Å². The highest BCUT2D eigenvalue weighted by atomic mass is 16.2. The van der Waals surface area contributed by atoms with E-state index in [1.165, 1.54) is 12.5 Å². The number of amides is 1. The normalized spacial score (nSPS) is 30.8. The maximum atomic E-state index is 12.6. The number of hydrogen-bond donors (Lipinski definition) is 2. The molecule has 1 aromatic heterocycles. The first-order chi connectivity index (χ1) is 10.6. The monoisotopic (exact) mass is 303 g/mol. The second-order valence-electron chi connectivity index (χ2n) is 6.73. The van der Waals surface area contributed by atoms with Gasteiger partial charge in [-0.15, -0.1) is 0 Å². The number of carbonyl (C=O) groups excluding carboxylic acids is 1. The predicted octanol–water partition coefficient (Wildman–Crippen LogP) is 1.96. The molecule has 2 fully saturated rings. The fourth-order valence-corrected chi connectivity index (χ4v) is 4.10. The molecule has 2 unspecified atom stereocenters. The molecule has 5 heteroatoms. The zero-order valence-electron chi connectivity index (χ0n) is 13.1. The van der Waals surface area contributed by atoms with Crippen LogP contribution in [0.25, 0.3) is 0 Å². The van der Waals surface area contributed by atoms with Gasteiger partial charge in [0, 0.05) is 30.8 Å². The molecule has 0 aliphatic heterocycles. The minimum Gasteiger partial charge on any atom is -0.327 e. The summed E-state index contributed by atoms with van der Waals surface area (Å²) in [5, 5.41) is 2.98. The Morgan fingerprint density at radius 2 is 2.00 bits per heavy atom. The Morgan fingerprint density at radius 3 is 2.64 bits per heavy atom. The predicted molar refractivity (Wildman–Crippen MR) is 86.5 cm³/mol. The lowest BCUT2D eigenvalue weighted by molar-refractivity contribution is -0.122. The number of aryl methyl sites for hydroxylation is 1. The second-order valence-corrected chi connectivity index (χ2v) is 6.73. The first-order valence-corrected chi connectivity index (χ1v) is 8.35. The van der Waals surface area contributed by atoms with E-state index < -0.39 is 0 Å². The van der Waals surface area contributed by atoms with Gasteiger partial charge in [-0.05, 0) is 50.5 Å². The van der Waals surface area contributed by atoms with Gasteiger partial charge in [-0.3, -0.25) is 9.59 Å². The highest BCUT2D eigenvalue weighted by Crippen LogP contribution is 2.42. The zero-order valence-corrected chi connectivity index (χ0v) is 13.1. The van der Waals surface area contributed by atoms with E-state index in [1.54, 1.807) is 16.8 Å². The number of hydrogen-bond acceptors (Lipinski definition) is 3. The summed E-state index contributed by atoms with van der Waals surface area (Å²) in [5.74, 6) is 1.11. The van der Waals surface area contributed by atoms with Crippen LogP contribution in [0, 0.1) is 17.8 Å². The Bertz CT molecular complexity index is 596. The lowest BCUT2D eigenvalue weighted by Gasteiger charge is -2.43. The van der Waals surface area contributed by atoms with E-state index in [2.05, 4.69) is 5.32 Å². The van der Waals surface area contributed by atoms with Crippen LogP contribution in [0.4, 0.5) is 5.69 Å². The van der Waals surface area contributed by atoms with Crippen molar-refractivity contribution in [2.24, 2.45) is 23.5 Å². The first-order valence-electron chi connectivity index (χ1n) is 8.35. The summed E-state index contributed by atoms with van der Waals surface area (Å²) in [5.41, 5.74) is 6.94. The molecule has 2 atom stereocenters. The summed E-state index contributed by atoms with van der Waals surface area (Å²) >= 11 is 0. The van der Waals surface area contributed by atoms with Crippen LogP contribution in [-0.4, -0.2) is 16.5 Å². The highest BCUT2D eigenvalue weighted by Gasteiger charge is 2.40. The third kappa shape index (κ3) is 2.95. The van der Waals surface area contributed by atoms with Gasteiger partial charge >= 0.3 is 0 Å². The lowest BCUT2D eigenvalue weighted by Crippen LogP contribution is -2.48. The average Bonchev–Trinajstić information content (AvgIpc) is 2.48. The summed E-state index contributed by atoms with van der Waals surface area (Å²) in [7, 11) is 0. The van der Waals surface area contributed by atoms with Crippen LogP contribution in [0.1, 0.15) is 39.0 Å². The molecular formula is C17H25N3O2. The van der Waals surface area contributed by atoms with E-state index in [0.29, 0.717) is 24.1 Å². The molecule has 120 valence electrons. The van der Waals surface area contributed by atoms with E-state index >= 15 is 0 Å². The van der Waals surface area contributed by atoms with Crippen LogP contribution >= 0.6 is 0 Å². The van der Waals surface area contributed by atoms with Crippen LogP contribution in [0.3, 0.4) is 0 Å². The molecule has 22 heavy (non-hydrogen) atoms. The SMILES string of the molecule is CCn1cc(NC(=O)C2CC3CCCC(C2)C3N)ccc1=O. The van der Waals surface area contributed by atoms with Gasteiger partial charge in [0.25, 0.3) is 5.56 Å². The van der Waals surface area contributed by atoms with Crippen LogP contribution in [0.2, 0.25) is 0 Å². The van der Waals surface area contributed by atoms with Crippen molar-refractivity contribution in [2.45, 2.75) is 51.6 Å². The largest absolute Gasteiger partial charge is 0.327 e. The number of nitrogens with one attached hydrogen (secondary N) is 1. The molecule has 1 amide bonds. The standard InChI is InChI=1S/C17H25N3O2/c1-2-20-10-14(6-7-15(20)21)19-17(22)13-8-11-4-3-5-12(9-13)16(11)18/h6-7,10-13,16H,2-5,8-9,18H2,1H3,(H,19,22). The van der Waals surface area contributed by atoms with Crippen molar-refractivity contribution in [3.8, 4) is 0 Å². The third-order valence-corrected chi connectivity index (χ3v) is 5.38. The van der Waals surface area contributed by atoms with Crippen molar-refractivity contribution >= 4 is 11.6 Å². The number of carbonyl (C=O) groups is 1. The van der Waals surface area contributed by atoms with Crippen LogP contribution < -0.4 is 16.6 Å². The van der Waals surface area contributed by atoms with Gasteiger partial charge in [0.1, 0.15) is 0 Å². The molecular weight excluding hydrogens is 278 g/mol. The number of anilines is 1. The maximum absolute atomic E-state index is 12.6. The van der Waals surface area contributed by atoms with Crippen LogP contribution in [-0.2, 0) is 11.3 Å². The Morgan fingerprint density at radius 1 is 1.32 bits per heavy atom. The Labute approximate surface area is 130 Å². The number of rotatable bonds is 3. The van der Waals surface area contributed by atoms with E-state index in [9.17, 15) is 9.59 Å². The van der Waals surface area contributed by atoms with Gasteiger partial charge in [-0.1, -0.05) is 6.42 Å². The molecule has 3 rings (SSSR count). The topological polar surface area (TPSA) is 77.1 Å². The minimum atomic E-state index is -0.0429. The average molecular weight is 303 g/mol. The van der Waals surface area contributed by atoms with Crippen LogP contribution in [0.5, 0.6) is 0 Å². The molecule has 3 N–H and O–H groups in total. The Kier molecular flexibility index (Phi) is 4.34. The minimum absolute atomic E-state index is 0.0429. The smallest absolute Gasteiger partial charge is 0.250 e. The first kappa shape index (κ1) is 15.3. The van der Waals surface area contributed by atoms with E-state index in [0.717, 1.165) is 25.7 Å². The second kappa shape index (κ2) is 6.24. The van der Waals surface area contributed by atoms with Crippen molar-refractivity contribution < 1.29 is 4.79 Å². The molecule has 1 aromatic rings. The molecule has 1 heterocycles. The summed E-state index contributed by atoms with van der Waals surface area (Å²) in [6, 6.07) is 3.46. The molecule has 0 saturated heterocycles. The molecule has 5 nitrogen and oxygen atoms in total. The fraction of sp³-hybridized carbons (Fsp3) is 0.647. The summed E-state index contributed by atoms with van der Waals surface area (Å²) in [6.45, 7) is 2.52. The molecule has 2 bridgehead atoms. The van der Waals surface area contributed by atoms with Gasteiger partial charge < -0.3 is 15.6 Å². The van der Waals surface area contributed by atoms with E-state index in [-0.39, 0.29) is 23.4 Å². The van der Waals surface area contributed by atoms with Gasteiger partial charge in [0.15, 0.2) is 0 Å². The van der Waals surface area contributed by atoms with E-state index in [4.69, 9.17) is 5.73 Å². The molecule has 2 aliphatic rings. The van der Waals surface area contributed by atoms with Crippen LogP contribution in [0.15, 0.2) is 23.1 Å². The van der Waals surface area contributed by atoms with Crippen molar-refractivity contribution in [1.29, 1.82) is 0 Å². The summed E-state index contributed by atoms with van der Waals surface area (Å²) in [6.07, 6.45) is 7.08. The number of aromatic nitrogens is 1. The third-order valence-electron chi connectivity index (χ3n) is 5.38. The maximum Gasteiger partial charge on any atom is 0.250 e. The Hall–Kier alpha value is -1.62.